The third-order valence-electron chi connectivity index (χ3n) is 6.89. The lowest BCUT2D eigenvalue weighted by molar-refractivity contribution is -0.158. The van der Waals surface area contributed by atoms with Crippen molar-refractivity contribution in [3.63, 3.8) is 0 Å². The summed E-state index contributed by atoms with van der Waals surface area (Å²) in [5.74, 6) is -0.586. The van der Waals surface area contributed by atoms with Gasteiger partial charge in [0, 0.05) is 29.2 Å². The highest BCUT2D eigenvalue weighted by Crippen LogP contribution is 2.18. The molecule has 0 aliphatic carbocycles. The molecule has 0 bridgehead atoms. The van der Waals surface area contributed by atoms with Crippen LogP contribution in [0, 0.1) is 0 Å². The van der Waals surface area contributed by atoms with Crippen molar-refractivity contribution in [1.29, 1.82) is 0 Å². The number of hydroxylamine groups is 3. The fourth-order valence-corrected chi connectivity index (χ4v) is 8.19. The molecule has 2 atom stereocenters. The topological polar surface area (TPSA) is 167 Å². The number of fused-ring (bicyclic) bond motifs is 2. The van der Waals surface area contributed by atoms with Gasteiger partial charge in [-0.2, -0.15) is 0 Å². The molecule has 0 saturated heterocycles. The van der Waals surface area contributed by atoms with Gasteiger partial charge in [0.25, 0.3) is 0 Å². The summed E-state index contributed by atoms with van der Waals surface area (Å²) in [6.07, 6.45) is 5.91. The molecule has 4 aromatic rings. The number of nitrogens with zero attached hydrogens (tertiary/aromatic N) is 3. The number of hydrogen-bond donors (Lipinski definition) is 3. The van der Waals surface area contributed by atoms with E-state index < -0.39 is 31.8 Å². The number of hydrogen-bond acceptors (Lipinski definition) is 10. The molecule has 2 aromatic heterocycles. The van der Waals surface area contributed by atoms with Crippen LogP contribution in [0.25, 0.3) is 21.8 Å². The Morgan fingerprint density at radius 3 is 1.73 bits per heavy atom. The van der Waals surface area contributed by atoms with E-state index in [9.17, 15) is 26.8 Å². The van der Waals surface area contributed by atoms with Crippen molar-refractivity contribution in [1.82, 2.24) is 20.5 Å². The molecule has 2 heterocycles. The molecule has 11 nitrogen and oxygen atoms in total. The quantitative estimate of drug-likeness (QED) is 0.0955. The van der Waals surface area contributed by atoms with E-state index in [1.54, 1.807) is 18.5 Å². The number of carbonyl (C=O) groups is 1. The Kier molecular flexibility index (Phi) is 13.2. The molecule has 0 fully saturated rings. The van der Waals surface area contributed by atoms with Crippen LogP contribution in [0.5, 0.6) is 0 Å². The van der Waals surface area contributed by atoms with Crippen LogP contribution in [0.15, 0.2) is 73.1 Å². The van der Waals surface area contributed by atoms with Crippen LogP contribution in [-0.4, -0.2) is 72.3 Å². The largest absolute Gasteiger partial charge is 0.317 e. The predicted molar refractivity (Wildman–Crippen MR) is 170 cm³/mol. The number of rotatable bonds is 15. The third kappa shape index (κ3) is 10.9. The maximum absolute atomic E-state index is 12.4. The Labute approximate surface area is 258 Å². The Balaban J connectivity index is 0.000000241. The van der Waals surface area contributed by atoms with Gasteiger partial charge in [0.15, 0.2) is 19.7 Å². The first-order valence-corrected chi connectivity index (χ1v) is 18.0. The summed E-state index contributed by atoms with van der Waals surface area (Å²) < 4.78 is 49.1. The molecule has 0 spiro atoms. The van der Waals surface area contributed by atoms with E-state index in [0.717, 1.165) is 28.2 Å². The van der Waals surface area contributed by atoms with Crippen LogP contribution in [-0.2, 0) is 36.0 Å². The number of benzene rings is 2. The summed E-state index contributed by atoms with van der Waals surface area (Å²) >= 11 is 0. The van der Waals surface area contributed by atoms with Gasteiger partial charge in [0.1, 0.15) is 0 Å². The summed E-state index contributed by atoms with van der Waals surface area (Å²) in [7, 11) is -6.78. The highest BCUT2D eigenvalue weighted by Gasteiger charge is 2.24. The van der Waals surface area contributed by atoms with E-state index in [1.165, 1.54) is 0 Å². The van der Waals surface area contributed by atoms with Gasteiger partial charge in [-0.3, -0.25) is 20.0 Å². The molecular formula is C31H40N4O7S2. The second-order valence-electron chi connectivity index (χ2n) is 10.7. The molecule has 2 aromatic carbocycles. The number of carbonyl (C=O) groups excluding carboxylic acids is 1. The second kappa shape index (κ2) is 16.5. The van der Waals surface area contributed by atoms with Crippen molar-refractivity contribution < 1.29 is 32.0 Å². The Bertz CT molecular complexity index is 1730. The summed E-state index contributed by atoms with van der Waals surface area (Å²) in [6.45, 7) is 3.82. The molecule has 1 amide bonds. The van der Waals surface area contributed by atoms with Crippen LogP contribution >= 0.6 is 0 Å². The van der Waals surface area contributed by atoms with Gasteiger partial charge in [-0.1, -0.05) is 63.1 Å². The van der Waals surface area contributed by atoms with Gasteiger partial charge < -0.3 is 5.21 Å². The minimum absolute atomic E-state index is 0.0628. The summed E-state index contributed by atoms with van der Waals surface area (Å²) in [5.41, 5.74) is 4.99. The van der Waals surface area contributed by atoms with E-state index in [1.807, 2.05) is 68.4 Å². The van der Waals surface area contributed by atoms with Gasteiger partial charge >= 0.3 is 0 Å². The van der Waals surface area contributed by atoms with Crippen molar-refractivity contribution in [3.05, 3.63) is 84.2 Å². The van der Waals surface area contributed by atoms with E-state index >= 15 is 0 Å². The lowest BCUT2D eigenvalue weighted by Crippen LogP contribution is -2.37. The Morgan fingerprint density at radius 1 is 0.795 bits per heavy atom. The first-order chi connectivity index (χ1) is 21.0. The minimum atomic E-state index is -3.48. The lowest BCUT2D eigenvalue weighted by Gasteiger charge is -2.21. The van der Waals surface area contributed by atoms with Crippen LogP contribution in [0.4, 0.5) is 0 Å². The van der Waals surface area contributed by atoms with E-state index in [2.05, 4.69) is 15.4 Å². The zero-order chi connectivity index (χ0) is 32.2. The number of sulfone groups is 2. The predicted octanol–water partition coefficient (Wildman–Crippen LogP) is 4.46. The lowest BCUT2D eigenvalue weighted by atomic mass is 10.2. The highest BCUT2D eigenvalue weighted by atomic mass is 32.2. The fraction of sp³-hybridized carbons (Fsp3) is 0.387. The Hall–Kier alpha value is -3.49. The van der Waals surface area contributed by atoms with Gasteiger partial charge in [0.05, 0.1) is 40.1 Å². The Morgan fingerprint density at radius 2 is 1.27 bits per heavy atom. The summed E-state index contributed by atoms with van der Waals surface area (Å²) in [6, 6.07) is 17.6. The molecule has 238 valence electrons. The van der Waals surface area contributed by atoms with Crippen molar-refractivity contribution in [2.75, 3.05) is 11.5 Å². The van der Waals surface area contributed by atoms with Crippen molar-refractivity contribution in [3.8, 4) is 0 Å². The van der Waals surface area contributed by atoms with E-state index in [0.29, 0.717) is 35.5 Å². The monoisotopic (exact) mass is 644 g/mol. The second-order valence-corrected chi connectivity index (χ2v) is 14.9. The molecule has 4 rings (SSSR count). The van der Waals surface area contributed by atoms with E-state index in [4.69, 9.17) is 5.21 Å². The highest BCUT2D eigenvalue weighted by molar-refractivity contribution is 7.90. The zero-order valence-electron chi connectivity index (χ0n) is 24.9. The average Bonchev–Trinajstić information content (AvgIpc) is 2.99. The number of amides is 1. The SMILES string of the molecule is CCC[C@@H](CS(=O)(=O)Cc1cnc2ccccc2c1)N(O)C=O.CCC[C@@H](CS(=O)(=O)Cc1cnc2ccccc2c1)NO. The number of aromatic nitrogens is 2. The van der Waals surface area contributed by atoms with Crippen molar-refractivity contribution >= 4 is 47.9 Å². The van der Waals surface area contributed by atoms with Gasteiger partial charge in [-0.25, -0.2) is 27.4 Å². The third-order valence-corrected chi connectivity index (χ3v) is 10.2. The molecule has 0 radical (unpaired) electrons. The normalized spacial score (nSPS) is 13.2. The van der Waals surface area contributed by atoms with Crippen LogP contribution in [0.3, 0.4) is 0 Å². The van der Waals surface area contributed by atoms with Gasteiger partial charge in [-0.15, -0.1) is 0 Å². The molecule has 13 heteroatoms. The van der Waals surface area contributed by atoms with Crippen LogP contribution in [0.1, 0.15) is 50.7 Å². The fourth-order valence-electron chi connectivity index (χ4n) is 4.86. The smallest absolute Gasteiger partial charge is 0.233 e. The minimum Gasteiger partial charge on any atom is -0.317 e. The maximum Gasteiger partial charge on any atom is 0.233 e. The standard InChI is InChI=1S/C16H20N2O4S.C15H20N2O3S/c1-2-5-15(18(20)12-19)11-23(21,22)10-13-8-14-6-3-4-7-16(14)17-9-13;1-2-5-14(17-18)11-21(19,20)10-12-8-13-6-3-4-7-15(13)16-9-12/h3-4,6-9,12,15,20H,2,5,10-11H2,1H3;3-4,6-9,14,17-18H,2,5,10-11H2,1H3/t15-;14-/m00/s1. The van der Waals surface area contributed by atoms with Crippen LogP contribution in [0.2, 0.25) is 0 Å². The molecule has 3 N–H and O–H groups in total. The van der Waals surface area contributed by atoms with Crippen LogP contribution < -0.4 is 5.48 Å². The van der Waals surface area contributed by atoms with Crippen molar-refractivity contribution in [2.45, 2.75) is 63.1 Å². The summed E-state index contributed by atoms with van der Waals surface area (Å²) in [4.78, 5) is 19.2. The molecular weight excluding hydrogens is 604 g/mol. The number of para-hydroxylation sites is 2. The van der Waals surface area contributed by atoms with E-state index in [-0.39, 0.29) is 29.4 Å². The van der Waals surface area contributed by atoms with Gasteiger partial charge in [0.2, 0.25) is 6.41 Å². The van der Waals surface area contributed by atoms with Crippen molar-refractivity contribution in [2.24, 2.45) is 0 Å². The first-order valence-electron chi connectivity index (χ1n) is 14.4. The average molecular weight is 645 g/mol. The first kappa shape index (κ1) is 35.0. The molecule has 0 aliphatic heterocycles. The summed E-state index contributed by atoms with van der Waals surface area (Å²) in [5, 5.41) is 20.8. The maximum atomic E-state index is 12.4. The van der Waals surface area contributed by atoms with Gasteiger partial charge in [-0.05, 0) is 48.2 Å². The number of nitrogens with one attached hydrogen (secondary N) is 1. The zero-order valence-corrected chi connectivity index (χ0v) is 26.5. The molecule has 44 heavy (non-hydrogen) atoms. The molecule has 0 unspecified atom stereocenters. The number of pyridine rings is 2. The molecule has 0 aliphatic rings. The molecule has 0 saturated carbocycles.